The number of hydrogen-bond donors (Lipinski definition) is 2. The molecular formula is C30H39ClN2O4. The van der Waals surface area contributed by atoms with Crippen molar-refractivity contribution in [3.63, 3.8) is 0 Å². The minimum Gasteiger partial charge on any atom is -0.423 e. The molecule has 4 rings (SSSR count). The van der Waals surface area contributed by atoms with E-state index in [0.717, 1.165) is 22.9 Å². The minimum atomic E-state index is -0.532. The predicted molar refractivity (Wildman–Crippen MR) is 150 cm³/mol. The number of fused-ring (bicyclic) bond motifs is 1. The number of rotatable bonds is 11. The number of nitrogens with zero attached hydrogens (tertiary/aromatic N) is 1. The molecule has 6 nitrogen and oxygen atoms in total. The van der Waals surface area contributed by atoms with Gasteiger partial charge in [0.05, 0.1) is 0 Å². The molecule has 37 heavy (non-hydrogen) atoms. The zero-order valence-corrected chi connectivity index (χ0v) is 22.5. The number of amides is 1. The second-order valence-corrected chi connectivity index (χ2v) is 10.2. The van der Waals surface area contributed by atoms with Gasteiger partial charge in [-0.3, -0.25) is 10.0 Å². The van der Waals surface area contributed by atoms with Gasteiger partial charge in [-0.15, -0.1) is 12.4 Å². The minimum absolute atomic E-state index is 0. The fourth-order valence-corrected chi connectivity index (χ4v) is 5.15. The topological polar surface area (TPSA) is 82.8 Å². The van der Waals surface area contributed by atoms with Crippen LogP contribution in [0.1, 0.15) is 60.8 Å². The first-order chi connectivity index (χ1) is 17.5. The summed E-state index contributed by atoms with van der Waals surface area (Å²) < 4.78 is 5.49. The summed E-state index contributed by atoms with van der Waals surface area (Å²) in [4.78, 5) is 27.5. The lowest BCUT2D eigenvalue weighted by molar-refractivity contribution is -0.133. The van der Waals surface area contributed by atoms with E-state index in [2.05, 4.69) is 29.2 Å². The molecule has 1 unspecified atom stereocenters. The average molecular weight is 527 g/mol. The van der Waals surface area contributed by atoms with E-state index in [4.69, 9.17) is 4.42 Å². The highest BCUT2D eigenvalue weighted by molar-refractivity contribution is 5.85. The van der Waals surface area contributed by atoms with Crippen molar-refractivity contribution in [1.29, 1.82) is 0 Å². The Morgan fingerprint density at radius 2 is 1.70 bits per heavy atom. The molecule has 0 aliphatic carbocycles. The normalized spacial score (nSPS) is 14.8. The molecule has 1 fully saturated rings. The monoisotopic (exact) mass is 526 g/mol. The number of likely N-dealkylation sites (tertiary alicyclic amines) is 1. The zero-order chi connectivity index (χ0) is 25.3. The smallest absolute Gasteiger partial charge is 0.339 e. The molecule has 1 saturated heterocycles. The molecular weight excluding hydrogens is 488 g/mol. The SMILES string of the molecule is Cc1ccc2cc(CC(CCc3ccc(CCCCN4CCCCC4)cc3)C(=O)NO)c(=O)oc2c1.Cl. The van der Waals surface area contributed by atoms with Gasteiger partial charge in [0.2, 0.25) is 5.91 Å². The molecule has 200 valence electrons. The summed E-state index contributed by atoms with van der Waals surface area (Å²) >= 11 is 0. The van der Waals surface area contributed by atoms with Crippen LogP contribution in [0.4, 0.5) is 0 Å². The van der Waals surface area contributed by atoms with Crippen LogP contribution in [0, 0.1) is 12.8 Å². The Labute approximate surface area is 225 Å². The van der Waals surface area contributed by atoms with Crippen LogP contribution in [0.25, 0.3) is 11.0 Å². The van der Waals surface area contributed by atoms with Crippen molar-refractivity contribution in [2.45, 2.75) is 64.7 Å². The zero-order valence-electron chi connectivity index (χ0n) is 21.7. The van der Waals surface area contributed by atoms with E-state index in [0.29, 0.717) is 24.0 Å². The number of piperidine rings is 1. The molecule has 7 heteroatoms. The van der Waals surface area contributed by atoms with Gasteiger partial charge in [-0.05, 0) is 107 Å². The van der Waals surface area contributed by atoms with Crippen molar-refractivity contribution in [3.8, 4) is 0 Å². The third kappa shape index (κ3) is 8.42. The molecule has 0 spiro atoms. The van der Waals surface area contributed by atoms with Crippen LogP contribution in [0.5, 0.6) is 0 Å². The van der Waals surface area contributed by atoms with Crippen molar-refractivity contribution in [2.24, 2.45) is 5.92 Å². The van der Waals surface area contributed by atoms with E-state index in [1.54, 1.807) is 11.5 Å². The van der Waals surface area contributed by atoms with Gasteiger partial charge in [0.25, 0.3) is 0 Å². The highest BCUT2D eigenvalue weighted by Gasteiger charge is 2.21. The van der Waals surface area contributed by atoms with Gasteiger partial charge in [-0.25, -0.2) is 10.3 Å². The van der Waals surface area contributed by atoms with Gasteiger partial charge in [0.15, 0.2) is 0 Å². The van der Waals surface area contributed by atoms with Gasteiger partial charge >= 0.3 is 5.63 Å². The van der Waals surface area contributed by atoms with Crippen LogP contribution in [-0.2, 0) is 24.1 Å². The molecule has 2 aromatic carbocycles. The maximum Gasteiger partial charge on any atom is 0.339 e. The number of carbonyl (C=O) groups is 1. The quantitative estimate of drug-likeness (QED) is 0.146. The standard InChI is InChI=1S/C30H38N2O4.ClH/c1-22-8-14-25-20-27(30(34)36-28(25)19-22)21-26(29(33)31-35)15-13-24-11-9-23(10-12-24)7-3-6-18-32-16-4-2-5-17-32;/h8-12,14,19-20,26,35H,2-7,13,15-18,21H2,1H3,(H,31,33);1H. The lowest BCUT2D eigenvalue weighted by Gasteiger charge is -2.26. The van der Waals surface area contributed by atoms with Gasteiger partial charge in [0, 0.05) is 16.9 Å². The predicted octanol–water partition coefficient (Wildman–Crippen LogP) is 5.63. The first-order valence-corrected chi connectivity index (χ1v) is 13.3. The Bertz CT molecular complexity index is 1200. The van der Waals surface area contributed by atoms with Gasteiger partial charge in [0.1, 0.15) is 5.58 Å². The van der Waals surface area contributed by atoms with Crippen LogP contribution in [-0.4, -0.2) is 35.6 Å². The van der Waals surface area contributed by atoms with Gasteiger partial charge in [-0.1, -0.05) is 42.8 Å². The highest BCUT2D eigenvalue weighted by atomic mass is 35.5. The van der Waals surface area contributed by atoms with Crippen LogP contribution in [0.2, 0.25) is 0 Å². The second-order valence-electron chi connectivity index (χ2n) is 10.2. The molecule has 2 heterocycles. The van der Waals surface area contributed by atoms with Crippen LogP contribution in [0.3, 0.4) is 0 Å². The Morgan fingerprint density at radius 3 is 2.41 bits per heavy atom. The van der Waals surface area contributed by atoms with Crippen LogP contribution < -0.4 is 11.1 Å². The molecule has 0 radical (unpaired) electrons. The molecule has 1 aliphatic rings. The molecule has 2 N–H and O–H groups in total. The second kappa shape index (κ2) is 14.3. The number of unbranched alkanes of at least 4 members (excludes halogenated alkanes) is 1. The third-order valence-electron chi connectivity index (χ3n) is 7.35. The van der Waals surface area contributed by atoms with Crippen molar-refractivity contribution in [2.75, 3.05) is 19.6 Å². The number of hydrogen-bond acceptors (Lipinski definition) is 5. The van der Waals surface area contributed by atoms with Crippen molar-refractivity contribution in [3.05, 3.63) is 81.2 Å². The van der Waals surface area contributed by atoms with Crippen LogP contribution in [0.15, 0.2) is 57.7 Å². The summed E-state index contributed by atoms with van der Waals surface area (Å²) in [5, 5.41) is 10.1. The molecule has 0 saturated carbocycles. The summed E-state index contributed by atoms with van der Waals surface area (Å²) in [6.45, 7) is 5.67. The Kier molecular flexibility index (Phi) is 11.2. The molecule has 0 bridgehead atoms. The molecule has 1 atom stereocenters. The lowest BCUT2D eigenvalue weighted by atomic mass is 9.92. The molecule has 3 aromatic rings. The summed E-state index contributed by atoms with van der Waals surface area (Å²) in [6.07, 6.45) is 9.01. The van der Waals surface area contributed by atoms with Crippen LogP contribution >= 0.6 is 12.4 Å². The van der Waals surface area contributed by atoms with Crippen molar-refractivity contribution >= 4 is 29.3 Å². The van der Waals surface area contributed by atoms with E-state index < -0.39 is 17.5 Å². The van der Waals surface area contributed by atoms with E-state index in [-0.39, 0.29) is 18.8 Å². The first kappa shape index (κ1) is 28.9. The molecule has 1 aromatic heterocycles. The fourth-order valence-electron chi connectivity index (χ4n) is 5.15. The van der Waals surface area contributed by atoms with E-state index in [1.807, 2.05) is 25.1 Å². The maximum atomic E-state index is 12.5. The summed E-state index contributed by atoms with van der Waals surface area (Å²) in [5.74, 6) is -1.01. The Hall–Kier alpha value is -2.67. The summed E-state index contributed by atoms with van der Waals surface area (Å²) in [5.41, 5.74) is 5.81. The van der Waals surface area contributed by atoms with Gasteiger partial charge < -0.3 is 9.32 Å². The number of halogens is 1. The van der Waals surface area contributed by atoms with Crippen molar-refractivity contribution < 1.29 is 14.4 Å². The number of hydroxylamine groups is 1. The third-order valence-corrected chi connectivity index (χ3v) is 7.35. The Morgan fingerprint density at radius 1 is 1.00 bits per heavy atom. The maximum absolute atomic E-state index is 12.5. The number of carbonyl (C=O) groups excluding carboxylic acids is 1. The van der Waals surface area contributed by atoms with E-state index in [1.165, 1.54) is 57.3 Å². The summed E-state index contributed by atoms with van der Waals surface area (Å²) in [7, 11) is 0. The van der Waals surface area contributed by atoms with E-state index >= 15 is 0 Å². The largest absolute Gasteiger partial charge is 0.423 e. The van der Waals surface area contributed by atoms with Crippen molar-refractivity contribution in [1.82, 2.24) is 10.4 Å². The average Bonchev–Trinajstić information content (AvgIpc) is 2.90. The van der Waals surface area contributed by atoms with E-state index in [9.17, 15) is 14.8 Å². The first-order valence-electron chi connectivity index (χ1n) is 13.3. The fraction of sp³-hybridized carbons (Fsp3) is 0.467. The molecule has 1 amide bonds. The van der Waals surface area contributed by atoms with Gasteiger partial charge in [-0.2, -0.15) is 0 Å². The lowest BCUT2D eigenvalue weighted by Crippen LogP contribution is -2.31. The number of nitrogens with one attached hydrogen (secondary N) is 1. The highest BCUT2D eigenvalue weighted by Crippen LogP contribution is 2.20. The Balaban J connectivity index is 0.00000380. The number of benzene rings is 2. The molecule has 1 aliphatic heterocycles. The summed E-state index contributed by atoms with van der Waals surface area (Å²) in [6, 6.07) is 16.1. The number of aryl methyl sites for hydroxylation is 3.